The Morgan fingerprint density at radius 1 is 1.14 bits per heavy atom. The van der Waals surface area contributed by atoms with E-state index in [1.807, 2.05) is 6.07 Å². The summed E-state index contributed by atoms with van der Waals surface area (Å²) in [5, 5.41) is 0. The topological polar surface area (TPSA) is 63.4 Å². The van der Waals surface area contributed by atoms with Gasteiger partial charge in [-0.25, -0.2) is 8.42 Å². The van der Waals surface area contributed by atoms with Crippen molar-refractivity contribution in [1.29, 1.82) is 0 Å². The number of sulfone groups is 1. The van der Waals surface area contributed by atoms with Crippen molar-refractivity contribution in [3.63, 3.8) is 0 Å². The van der Waals surface area contributed by atoms with Gasteiger partial charge in [0.15, 0.2) is 9.84 Å². The Labute approximate surface area is 127 Å². The van der Waals surface area contributed by atoms with Crippen LogP contribution in [-0.4, -0.2) is 27.3 Å². The van der Waals surface area contributed by atoms with Crippen LogP contribution in [0.25, 0.3) is 0 Å². The van der Waals surface area contributed by atoms with E-state index in [0.29, 0.717) is 16.6 Å². The van der Waals surface area contributed by atoms with E-state index in [9.17, 15) is 8.42 Å². The van der Waals surface area contributed by atoms with Gasteiger partial charge in [0, 0.05) is 18.8 Å². The largest absolute Gasteiger partial charge is 0.397 e. The van der Waals surface area contributed by atoms with E-state index in [2.05, 4.69) is 4.90 Å². The van der Waals surface area contributed by atoms with Gasteiger partial charge in [-0.2, -0.15) is 0 Å². The van der Waals surface area contributed by atoms with Crippen LogP contribution < -0.4 is 10.6 Å². The van der Waals surface area contributed by atoms with Crippen LogP contribution in [0.1, 0.15) is 38.5 Å². The quantitative estimate of drug-likeness (QED) is 0.872. The average molecular weight is 308 g/mol. The van der Waals surface area contributed by atoms with Crippen LogP contribution >= 0.6 is 0 Å². The Bertz CT molecular complexity index is 621. The highest BCUT2D eigenvalue weighted by Gasteiger charge is 2.34. The van der Waals surface area contributed by atoms with Crippen molar-refractivity contribution >= 4 is 21.2 Å². The van der Waals surface area contributed by atoms with Crippen molar-refractivity contribution in [3.05, 3.63) is 18.2 Å². The molecule has 4 nitrogen and oxygen atoms in total. The molecule has 116 valence electrons. The standard InChI is InChI=1S/C16H24N2O2S/c1-21(19,20)13-8-9-16(14(17)11-13)18-10-4-7-15(18)12-5-2-3-6-12/h8-9,11-12,15H,2-7,10,17H2,1H3. The Balaban J connectivity index is 1.89. The van der Waals surface area contributed by atoms with Gasteiger partial charge in [-0.3, -0.25) is 0 Å². The minimum Gasteiger partial charge on any atom is -0.397 e. The molecule has 1 aromatic carbocycles. The summed E-state index contributed by atoms with van der Waals surface area (Å²) in [7, 11) is -3.19. The van der Waals surface area contributed by atoms with E-state index in [-0.39, 0.29) is 0 Å². The van der Waals surface area contributed by atoms with E-state index >= 15 is 0 Å². The van der Waals surface area contributed by atoms with Gasteiger partial charge in [0.25, 0.3) is 0 Å². The molecule has 3 rings (SSSR count). The van der Waals surface area contributed by atoms with Crippen molar-refractivity contribution < 1.29 is 8.42 Å². The third-order valence-electron chi connectivity index (χ3n) is 4.98. The molecule has 1 aliphatic heterocycles. The summed E-state index contributed by atoms with van der Waals surface area (Å²) >= 11 is 0. The van der Waals surface area contributed by atoms with Crippen LogP contribution in [0.15, 0.2) is 23.1 Å². The lowest BCUT2D eigenvalue weighted by atomic mass is 9.95. The first-order chi connectivity index (χ1) is 9.97. The lowest BCUT2D eigenvalue weighted by Crippen LogP contribution is -2.35. The number of nitrogens with zero attached hydrogens (tertiary/aromatic N) is 1. The van der Waals surface area contributed by atoms with Crippen molar-refractivity contribution in [2.45, 2.75) is 49.5 Å². The van der Waals surface area contributed by atoms with Crippen molar-refractivity contribution in [1.82, 2.24) is 0 Å². The zero-order valence-corrected chi connectivity index (χ0v) is 13.4. The van der Waals surface area contributed by atoms with Gasteiger partial charge >= 0.3 is 0 Å². The Hall–Kier alpha value is -1.23. The summed E-state index contributed by atoms with van der Waals surface area (Å²) in [6.07, 6.45) is 8.99. The predicted octanol–water partition coefficient (Wildman–Crippen LogP) is 2.83. The molecule has 1 saturated heterocycles. The van der Waals surface area contributed by atoms with Crippen molar-refractivity contribution in [2.75, 3.05) is 23.4 Å². The zero-order chi connectivity index (χ0) is 15.0. The molecule has 0 aromatic heterocycles. The fourth-order valence-corrected chi connectivity index (χ4v) is 4.60. The number of hydrogen-bond donors (Lipinski definition) is 1. The maximum Gasteiger partial charge on any atom is 0.175 e. The SMILES string of the molecule is CS(=O)(=O)c1ccc(N2CCCC2C2CCCC2)c(N)c1. The molecule has 0 amide bonds. The van der Waals surface area contributed by atoms with Crippen LogP contribution in [0.2, 0.25) is 0 Å². The number of anilines is 2. The van der Waals surface area contributed by atoms with Gasteiger partial charge in [-0.15, -0.1) is 0 Å². The van der Waals surface area contributed by atoms with Gasteiger partial charge in [0.05, 0.1) is 16.3 Å². The molecule has 0 spiro atoms. The molecule has 21 heavy (non-hydrogen) atoms. The molecule has 5 heteroatoms. The minimum absolute atomic E-state index is 0.306. The molecular formula is C16H24N2O2S. The molecule has 1 aromatic rings. The second-order valence-electron chi connectivity index (χ2n) is 6.44. The highest BCUT2D eigenvalue weighted by Crippen LogP contribution is 2.39. The lowest BCUT2D eigenvalue weighted by Gasteiger charge is -2.32. The number of benzene rings is 1. The zero-order valence-electron chi connectivity index (χ0n) is 12.6. The van der Waals surface area contributed by atoms with E-state index in [0.717, 1.165) is 18.2 Å². The van der Waals surface area contributed by atoms with Gasteiger partial charge in [0.2, 0.25) is 0 Å². The number of nitrogens with two attached hydrogens (primary N) is 1. The minimum atomic E-state index is -3.19. The normalized spacial score (nSPS) is 23.9. The van der Waals surface area contributed by atoms with Gasteiger partial charge < -0.3 is 10.6 Å². The second-order valence-corrected chi connectivity index (χ2v) is 8.46. The molecular weight excluding hydrogens is 284 g/mol. The number of rotatable bonds is 3. The fraction of sp³-hybridized carbons (Fsp3) is 0.625. The second kappa shape index (κ2) is 5.52. The van der Waals surface area contributed by atoms with E-state index in [4.69, 9.17) is 5.73 Å². The van der Waals surface area contributed by atoms with E-state index in [1.54, 1.807) is 12.1 Å². The summed E-state index contributed by atoms with van der Waals surface area (Å²) in [6.45, 7) is 1.03. The summed E-state index contributed by atoms with van der Waals surface area (Å²) in [4.78, 5) is 2.72. The molecule has 1 unspecified atom stereocenters. The highest BCUT2D eigenvalue weighted by molar-refractivity contribution is 7.90. The lowest BCUT2D eigenvalue weighted by molar-refractivity contribution is 0.431. The Morgan fingerprint density at radius 2 is 1.86 bits per heavy atom. The van der Waals surface area contributed by atoms with Gasteiger partial charge in [-0.05, 0) is 49.8 Å². The number of nitrogen functional groups attached to an aromatic ring is 1. The van der Waals surface area contributed by atoms with Crippen LogP contribution in [0.3, 0.4) is 0 Å². The Morgan fingerprint density at radius 3 is 2.48 bits per heavy atom. The predicted molar refractivity (Wildman–Crippen MR) is 86.3 cm³/mol. The monoisotopic (exact) mass is 308 g/mol. The van der Waals surface area contributed by atoms with Crippen LogP contribution in [0.4, 0.5) is 11.4 Å². The molecule has 1 atom stereocenters. The first-order valence-corrected chi connectivity index (χ1v) is 9.72. The maximum atomic E-state index is 11.6. The third kappa shape index (κ3) is 2.89. The summed E-state index contributed by atoms with van der Waals surface area (Å²) in [6, 6.07) is 5.76. The highest BCUT2D eigenvalue weighted by atomic mass is 32.2. The smallest absolute Gasteiger partial charge is 0.175 e. The molecule has 0 radical (unpaired) electrons. The fourth-order valence-electron chi connectivity index (χ4n) is 3.95. The molecule has 2 aliphatic rings. The molecule has 2 fully saturated rings. The van der Waals surface area contributed by atoms with Crippen LogP contribution in [0.5, 0.6) is 0 Å². The molecule has 1 aliphatic carbocycles. The maximum absolute atomic E-state index is 11.6. The first kappa shape index (κ1) is 14.7. The van der Waals surface area contributed by atoms with E-state index < -0.39 is 9.84 Å². The summed E-state index contributed by atoms with van der Waals surface area (Å²) in [5.74, 6) is 0.779. The van der Waals surface area contributed by atoms with Crippen LogP contribution in [0, 0.1) is 5.92 Å². The molecule has 1 heterocycles. The Kier molecular flexibility index (Phi) is 3.86. The third-order valence-corrected chi connectivity index (χ3v) is 6.09. The summed E-state index contributed by atoms with van der Waals surface area (Å²) in [5.41, 5.74) is 7.75. The average Bonchev–Trinajstić information content (AvgIpc) is 3.08. The van der Waals surface area contributed by atoms with E-state index in [1.165, 1.54) is 44.8 Å². The molecule has 0 bridgehead atoms. The molecule has 1 saturated carbocycles. The van der Waals surface area contributed by atoms with Crippen molar-refractivity contribution in [2.24, 2.45) is 5.92 Å². The van der Waals surface area contributed by atoms with Gasteiger partial charge in [-0.1, -0.05) is 12.8 Å². The van der Waals surface area contributed by atoms with Crippen LogP contribution in [-0.2, 0) is 9.84 Å². The van der Waals surface area contributed by atoms with Crippen molar-refractivity contribution in [3.8, 4) is 0 Å². The molecule has 2 N–H and O–H groups in total. The van der Waals surface area contributed by atoms with Gasteiger partial charge in [0.1, 0.15) is 0 Å². The first-order valence-electron chi connectivity index (χ1n) is 7.83. The number of hydrogen-bond acceptors (Lipinski definition) is 4. The summed E-state index contributed by atoms with van der Waals surface area (Å²) < 4.78 is 23.2.